The Bertz CT molecular complexity index is 806. The molecule has 2 amide bonds. The fourth-order valence-electron chi connectivity index (χ4n) is 2.94. The lowest BCUT2D eigenvalue weighted by atomic mass is 10.0. The molecule has 0 aliphatic carbocycles. The molecule has 27 heavy (non-hydrogen) atoms. The largest absolute Gasteiger partial charge is 0.382 e. The number of carbonyl (C=O) groups is 2. The third-order valence-electron chi connectivity index (χ3n) is 4.33. The predicted molar refractivity (Wildman–Crippen MR) is 103 cm³/mol. The summed E-state index contributed by atoms with van der Waals surface area (Å²) in [6.45, 7) is 2.35. The Hall–Kier alpha value is -3.15. The Morgan fingerprint density at radius 1 is 1.11 bits per heavy atom. The molecule has 0 bridgehead atoms. The highest BCUT2D eigenvalue weighted by atomic mass is 16.6. The minimum Gasteiger partial charge on any atom is -0.382 e. The maximum atomic E-state index is 12.6. The maximum Gasteiger partial charge on any atom is 0.265 e. The Labute approximate surface area is 158 Å². The number of hydrogen-bond donors (Lipinski definition) is 2. The van der Waals surface area contributed by atoms with E-state index < -0.39 is 12.1 Å². The molecule has 0 fully saturated rings. The highest BCUT2D eigenvalue weighted by Crippen LogP contribution is 2.17. The molecular weight excluding hydrogens is 342 g/mol. The zero-order chi connectivity index (χ0) is 19.1. The molecule has 140 valence electrons. The second-order valence-electron chi connectivity index (χ2n) is 6.35. The van der Waals surface area contributed by atoms with Crippen LogP contribution in [-0.4, -0.2) is 36.2 Å². The Morgan fingerprint density at radius 3 is 2.44 bits per heavy atom. The number of benzene rings is 2. The van der Waals surface area contributed by atoms with Gasteiger partial charge in [0.2, 0.25) is 12.0 Å². The molecule has 0 aromatic heterocycles. The van der Waals surface area contributed by atoms with E-state index in [-0.39, 0.29) is 11.8 Å². The van der Waals surface area contributed by atoms with Gasteiger partial charge in [0, 0.05) is 19.4 Å². The van der Waals surface area contributed by atoms with E-state index >= 15 is 0 Å². The number of carbonyl (C=O) groups excluding carboxylic acids is 2. The summed E-state index contributed by atoms with van der Waals surface area (Å²) in [6.07, 6.45) is 0.0637. The van der Waals surface area contributed by atoms with Crippen LogP contribution in [0.5, 0.6) is 0 Å². The summed E-state index contributed by atoms with van der Waals surface area (Å²) in [4.78, 5) is 30.3. The molecule has 2 aromatic carbocycles. The van der Waals surface area contributed by atoms with Gasteiger partial charge in [0.15, 0.2) is 0 Å². The number of rotatable bonds is 7. The van der Waals surface area contributed by atoms with Gasteiger partial charge < -0.3 is 15.5 Å². The third-order valence-corrected chi connectivity index (χ3v) is 4.33. The summed E-state index contributed by atoms with van der Waals surface area (Å²) in [5.74, 6) is -0.547. The Morgan fingerprint density at radius 2 is 1.78 bits per heavy atom. The van der Waals surface area contributed by atoms with Crippen LogP contribution in [0.3, 0.4) is 0 Å². The van der Waals surface area contributed by atoms with Crippen molar-refractivity contribution in [3.63, 3.8) is 0 Å². The molecule has 3 rings (SSSR count). The molecule has 1 aliphatic rings. The molecule has 1 aliphatic heterocycles. The second kappa shape index (κ2) is 8.98. The van der Waals surface area contributed by atoms with Crippen molar-refractivity contribution >= 4 is 17.5 Å². The fraction of sp³-hybridized carbons (Fsp3) is 0.286. The van der Waals surface area contributed by atoms with Crippen LogP contribution in [0.25, 0.3) is 0 Å². The lowest BCUT2D eigenvalue weighted by Gasteiger charge is -2.19. The first-order valence-electron chi connectivity index (χ1n) is 9.07. The van der Waals surface area contributed by atoms with E-state index in [1.54, 1.807) is 0 Å². The van der Waals surface area contributed by atoms with E-state index in [0.29, 0.717) is 19.4 Å². The molecule has 6 heteroatoms. The van der Waals surface area contributed by atoms with Gasteiger partial charge >= 0.3 is 0 Å². The van der Waals surface area contributed by atoms with Crippen molar-refractivity contribution in [1.29, 1.82) is 0 Å². The number of amides is 2. The SMILES string of the molecule is CCNC(=O)[C@@H](Cc1ccccc1)NC(=O)[C@@H]1CC(c2ccccc2)=NO1. The number of likely N-dealkylation sites (N-methyl/N-ethyl adjacent to an activating group) is 1. The van der Waals surface area contributed by atoms with Gasteiger partial charge in [-0.3, -0.25) is 9.59 Å². The standard InChI is InChI=1S/C21H23N3O3/c1-2-22-20(25)18(13-15-9-5-3-6-10-15)23-21(26)19-14-17(24-27-19)16-11-7-4-8-12-16/h3-12,18-19H,2,13-14H2,1H3,(H,22,25)(H,23,26)/t18-,19+/m1/s1. The average Bonchev–Trinajstić information content (AvgIpc) is 3.19. The van der Waals surface area contributed by atoms with Crippen molar-refractivity contribution in [2.75, 3.05) is 6.54 Å². The van der Waals surface area contributed by atoms with Crippen LogP contribution in [-0.2, 0) is 20.8 Å². The monoisotopic (exact) mass is 365 g/mol. The Balaban J connectivity index is 1.63. The highest BCUT2D eigenvalue weighted by Gasteiger charge is 2.31. The summed E-state index contributed by atoms with van der Waals surface area (Å²) in [5, 5.41) is 9.62. The number of nitrogens with zero attached hydrogens (tertiary/aromatic N) is 1. The predicted octanol–water partition coefficient (Wildman–Crippen LogP) is 2.04. The minimum absolute atomic E-state index is 0.211. The quantitative estimate of drug-likeness (QED) is 0.788. The summed E-state index contributed by atoms with van der Waals surface area (Å²) < 4.78 is 0. The summed E-state index contributed by atoms with van der Waals surface area (Å²) in [6, 6.07) is 18.5. The lowest BCUT2D eigenvalue weighted by Crippen LogP contribution is -2.50. The van der Waals surface area contributed by atoms with Crippen molar-refractivity contribution in [2.45, 2.75) is 31.9 Å². The normalized spacial score (nSPS) is 16.8. The molecule has 2 atom stereocenters. The molecular formula is C21H23N3O3. The fourth-order valence-corrected chi connectivity index (χ4v) is 2.94. The Kier molecular flexibility index (Phi) is 6.20. The van der Waals surface area contributed by atoms with Crippen molar-refractivity contribution in [1.82, 2.24) is 10.6 Å². The summed E-state index contributed by atoms with van der Waals surface area (Å²) >= 11 is 0. The van der Waals surface area contributed by atoms with Gasteiger partial charge in [-0.2, -0.15) is 0 Å². The van der Waals surface area contributed by atoms with E-state index in [2.05, 4.69) is 15.8 Å². The van der Waals surface area contributed by atoms with E-state index in [1.165, 1.54) is 0 Å². The van der Waals surface area contributed by atoms with Gasteiger partial charge in [-0.05, 0) is 18.1 Å². The van der Waals surface area contributed by atoms with E-state index in [4.69, 9.17) is 4.84 Å². The van der Waals surface area contributed by atoms with Crippen molar-refractivity contribution < 1.29 is 14.4 Å². The zero-order valence-electron chi connectivity index (χ0n) is 15.2. The van der Waals surface area contributed by atoms with E-state index in [1.807, 2.05) is 67.6 Å². The van der Waals surface area contributed by atoms with Crippen LogP contribution < -0.4 is 10.6 Å². The van der Waals surface area contributed by atoms with Crippen molar-refractivity contribution in [2.24, 2.45) is 5.16 Å². The van der Waals surface area contributed by atoms with Gasteiger partial charge in [0.25, 0.3) is 5.91 Å². The third kappa shape index (κ3) is 4.94. The van der Waals surface area contributed by atoms with Crippen molar-refractivity contribution in [3.8, 4) is 0 Å². The average molecular weight is 365 g/mol. The first-order valence-corrected chi connectivity index (χ1v) is 9.07. The van der Waals surface area contributed by atoms with Gasteiger partial charge in [0.05, 0.1) is 5.71 Å². The molecule has 0 spiro atoms. The molecule has 2 N–H and O–H groups in total. The molecule has 0 unspecified atom stereocenters. The number of oxime groups is 1. The summed E-state index contributed by atoms with van der Waals surface area (Å²) in [5.41, 5.74) is 2.63. The molecule has 0 saturated heterocycles. The molecule has 0 radical (unpaired) electrons. The highest BCUT2D eigenvalue weighted by molar-refractivity contribution is 6.04. The van der Waals surface area contributed by atoms with Crippen LogP contribution in [0.2, 0.25) is 0 Å². The van der Waals surface area contributed by atoms with Crippen LogP contribution in [0.15, 0.2) is 65.8 Å². The van der Waals surface area contributed by atoms with E-state index in [9.17, 15) is 9.59 Å². The van der Waals surface area contributed by atoms with E-state index in [0.717, 1.165) is 16.8 Å². The first-order chi connectivity index (χ1) is 13.2. The first kappa shape index (κ1) is 18.6. The van der Waals surface area contributed by atoms with Crippen LogP contribution in [0.4, 0.5) is 0 Å². The molecule has 6 nitrogen and oxygen atoms in total. The lowest BCUT2D eigenvalue weighted by molar-refractivity contribution is -0.135. The maximum absolute atomic E-state index is 12.6. The zero-order valence-corrected chi connectivity index (χ0v) is 15.2. The number of nitrogens with one attached hydrogen (secondary N) is 2. The number of hydrogen-bond acceptors (Lipinski definition) is 4. The minimum atomic E-state index is -0.729. The van der Waals surface area contributed by atoms with Gasteiger partial charge in [-0.25, -0.2) is 0 Å². The smallest absolute Gasteiger partial charge is 0.265 e. The van der Waals surface area contributed by atoms with Gasteiger partial charge in [-0.15, -0.1) is 0 Å². The van der Waals surface area contributed by atoms with Crippen molar-refractivity contribution in [3.05, 3.63) is 71.8 Å². The molecule has 1 heterocycles. The molecule has 2 aromatic rings. The summed E-state index contributed by atoms with van der Waals surface area (Å²) in [7, 11) is 0. The molecule has 0 saturated carbocycles. The van der Waals surface area contributed by atoms with Gasteiger partial charge in [0.1, 0.15) is 6.04 Å². The second-order valence-corrected chi connectivity index (χ2v) is 6.35. The van der Waals surface area contributed by atoms with Crippen LogP contribution in [0.1, 0.15) is 24.5 Å². The van der Waals surface area contributed by atoms with Crippen LogP contribution in [0, 0.1) is 0 Å². The topological polar surface area (TPSA) is 79.8 Å². The van der Waals surface area contributed by atoms with Crippen LogP contribution >= 0.6 is 0 Å². The van der Waals surface area contributed by atoms with Gasteiger partial charge in [-0.1, -0.05) is 65.8 Å².